The second-order valence-corrected chi connectivity index (χ2v) is 5.76. The number of imidazole rings is 1. The number of nitrogens with zero attached hydrogens (tertiary/aromatic N) is 2. The van der Waals surface area contributed by atoms with Crippen molar-refractivity contribution in [2.24, 2.45) is 0 Å². The molecule has 4 rings (SSSR count). The monoisotopic (exact) mass is 314 g/mol. The van der Waals surface area contributed by atoms with Gasteiger partial charge in [0.15, 0.2) is 4.96 Å². The normalized spacial score (nSPS) is 11.3. The van der Waals surface area contributed by atoms with Crippen molar-refractivity contribution in [3.63, 3.8) is 0 Å². The third-order valence-electron chi connectivity index (χ3n) is 3.43. The Hall–Kier alpha value is -2.67. The van der Waals surface area contributed by atoms with Crippen molar-refractivity contribution in [3.8, 4) is 0 Å². The molecule has 0 bridgehead atoms. The average molecular weight is 314 g/mol. The van der Waals surface area contributed by atoms with E-state index in [1.807, 2.05) is 22.2 Å². The van der Waals surface area contributed by atoms with Crippen LogP contribution in [0.15, 0.2) is 42.0 Å². The first-order valence-electron chi connectivity index (χ1n) is 6.67. The third kappa shape index (κ3) is 2.15. The minimum Gasteiger partial charge on any atom is -0.350 e. The van der Waals surface area contributed by atoms with Gasteiger partial charge in [0.2, 0.25) is 0 Å². The predicted octanol–water partition coefficient (Wildman–Crippen LogP) is 2.95. The Morgan fingerprint density at radius 3 is 3.18 bits per heavy atom. The summed E-state index contributed by atoms with van der Waals surface area (Å²) >= 11 is 1.53. The molecular formula is C15H11FN4OS. The smallest absolute Gasteiger partial charge is 0.268 e. The number of halogens is 1. The molecule has 4 aromatic rings. The Morgan fingerprint density at radius 2 is 2.36 bits per heavy atom. The number of aromatic amines is 1. The summed E-state index contributed by atoms with van der Waals surface area (Å²) < 4.78 is 15.5. The first-order chi connectivity index (χ1) is 10.7. The highest BCUT2D eigenvalue weighted by Crippen LogP contribution is 2.18. The van der Waals surface area contributed by atoms with E-state index < -0.39 is 0 Å². The molecule has 5 nitrogen and oxygen atoms in total. The van der Waals surface area contributed by atoms with Gasteiger partial charge in [0.25, 0.3) is 5.91 Å². The number of aromatic nitrogens is 3. The zero-order chi connectivity index (χ0) is 15.1. The van der Waals surface area contributed by atoms with Crippen molar-refractivity contribution in [3.05, 3.63) is 59.2 Å². The lowest BCUT2D eigenvalue weighted by Crippen LogP contribution is -2.23. The molecular weight excluding hydrogens is 303 g/mol. The third-order valence-corrected chi connectivity index (χ3v) is 4.20. The van der Waals surface area contributed by atoms with Crippen LogP contribution >= 0.6 is 11.3 Å². The van der Waals surface area contributed by atoms with E-state index in [0.717, 1.165) is 10.7 Å². The number of carbonyl (C=O) groups is 1. The van der Waals surface area contributed by atoms with Crippen LogP contribution in [-0.4, -0.2) is 20.3 Å². The van der Waals surface area contributed by atoms with Crippen molar-refractivity contribution in [2.45, 2.75) is 6.54 Å². The fraction of sp³-hybridized carbons (Fsp3) is 0.0667. The Labute approximate surface area is 128 Å². The van der Waals surface area contributed by atoms with E-state index >= 15 is 0 Å². The zero-order valence-electron chi connectivity index (χ0n) is 11.3. The number of rotatable bonds is 3. The van der Waals surface area contributed by atoms with E-state index in [9.17, 15) is 9.18 Å². The van der Waals surface area contributed by atoms with E-state index in [-0.39, 0.29) is 11.7 Å². The molecule has 2 N–H and O–H groups in total. The van der Waals surface area contributed by atoms with Gasteiger partial charge in [-0.05, 0) is 18.2 Å². The fourth-order valence-corrected chi connectivity index (χ4v) is 3.09. The van der Waals surface area contributed by atoms with Gasteiger partial charge in [0.1, 0.15) is 11.5 Å². The van der Waals surface area contributed by atoms with E-state index in [1.165, 1.54) is 23.5 Å². The number of nitrogens with one attached hydrogen (secondary N) is 2. The Balaban J connectivity index is 1.53. The van der Waals surface area contributed by atoms with Gasteiger partial charge in [-0.1, -0.05) is 6.07 Å². The minimum atomic E-state index is -0.345. The molecule has 0 aliphatic heterocycles. The van der Waals surface area contributed by atoms with E-state index in [1.54, 1.807) is 12.1 Å². The van der Waals surface area contributed by atoms with Gasteiger partial charge in [-0.3, -0.25) is 9.20 Å². The number of benzene rings is 1. The Bertz CT molecular complexity index is 955. The summed E-state index contributed by atoms with van der Waals surface area (Å²) in [5.41, 5.74) is 1.72. The van der Waals surface area contributed by atoms with Crippen LogP contribution in [-0.2, 0) is 6.54 Å². The maximum atomic E-state index is 13.6. The van der Waals surface area contributed by atoms with E-state index in [0.29, 0.717) is 23.1 Å². The number of thiazole rings is 1. The number of amides is 1. The SMILES string of the molecule is O=C(NCc1cn2ccsc2n1)c1cc2c(F)cccc2[nH]1. The summed E-state index contributed by atoms with van der Waals surface area (Å²) in [6.07, 6.45) is 3.79. The van der Waals surface area contributed by atoms with Gasteiger partial charge >= 0.3 is 0 Å². The molecule has 0 spiro atoms. The molecule has 22 heavy (non-hydrogen) atoms. The summed E-state index contributed by atoms with van der Waals surface area (Å²) in [6, 6.07) is 6.23. The standard InChI is InChI=1S/C15H11FN4OS/c16-11-2-1-3-12-10(11)6-13(19-12)14(21)17-7-9-8-20-4-5-22-15(20)18-9/h1-6,8,19H,7H2,(H,17,21). The first kappa shape index (κ1) is 13.0. The average Bonchev–Trinajstić information content (AvgIpc) is 3.18. The van der Waals surface area contributed by atoms with Crippen molar-refractivity contribution in [2.75, 3.05) is 0 Å². The van der Waals surface area contributed by atoms with Crippen LogP contribution in [0.4, 0.5) is 4.39 Å². The summed E-state index contributed by atoms with van der Waals surface area (Å²) in [5, 5.41) is 5.14. The first-order valence-corrected chi connectivity index (χ1v) is 7.55. The summed E-state index contributed by atoms with van der Waals surface area (Å²) in [4.78, 5) is 20.4. The summed E-state index contributed by atoms with van der Waals surface area (Å²) in [6.45, 7) is 0.324. The molecule has 0 fully saturated rings. The Kier molecular flexibility index (Phi) is 2.93. The number of fused-ring (bicyclic) bond motifs is 2. The maximum Gasteiger partial charge on any atom is 0.268 e. The van der Waals surface area contributed by atoms with Crippen LogP contribution < -0.4 is 5.32 Å². The molecule has 0 saturated heterocycles. The topological polar surface area (TPSA) is 62.2 Å². The number of hydrogen-bond donors (Lipinski definition) is 2. The highest BCUT2D eigenvalue weighted by atomic mass is 32.1. The predicted molar refractivity (Wildman–Crippen MR) is 82.5 cm³/mol. The van der Waals surface area contributed by atoms with Gasteiger partial charge in [0.05, 0.1) is 12.2 Å². The largest absolute Gasteiger partial charge is 0.350 e. The Morgan fingerprint density at radius 1 is 1.45 bits per heavy atom. The molecule has 0 saturated carbocycles. The number of H-pyrrole nitrogens is 1. The van der Waals surface area contributed by atoms with Crippen LogP contribution in [0.1, 0.15) is 16.2 Å². The van der Waals surface area contributed by atoms with Crippen LogP contribution in [0.2, 0.25) is 0 Å². The zero-order valence-corrected chi connectivity index (χ0v) is 12.2. The maximum absolute atomic E-state index is 13.6. The molecule has 3 heterocycles. The molecule has 3 aromatic heterocycles. The molecule has 0 atom stereocenters. The molecule has 1 amide bonds. The van der Waals surface area contributed by atoms with Crippen LogP contribution in [0.25, 0.3) is 15.9 Å². The lowest BCUT2D eigenvalue weighted by molar-refractivity contribution is 0.0946. The molecule has 0 aliphatic rings. The molecule has 0 radical (unpaired) electrons. The van der Waals surface area contributed by atoms with Crippen LogP contribution in [0, 0.1) is 5.82 Å². The minimum absolute atomic E-state index is 0.285. The van der Waals surface area contributed by atoms with Gasteiger partial charge in [-0.25, -0.2) is 9.37 Å². The quantitative estimate of drug-likeness (QED) is 0.611. The van der Waals surface area contributed by atoms with Crippen molar-refractivity contribution >= 4 is 33.1 Å². The van der Waals surface area contributed by atoms with E-state index in [2.05, 4.69) is 15.3 Å². The van der Waals surface area contributed by atoms with Gasteiger partial charge in [-0.2, -0.15) is 0 Å². The second-order valence-electron chi connectivity index (χ2n) is 4.89. The molecule has 110 valence electrons. The lowest BCUT2D eigenvalue weighted by Gasteiger charge is -2.00. The van der Waals surface area contributed by atoms with Crippen LogP contribution in [0.5, 0.6) is 0 Å². The number of hydrogen-bond acceptors (Lipinski definition) is 3. The lowest BCUT2D eigenvalue weighted by atomic mass is 10.2. The highest BCUT2D eigenvalue weighted by Gasteiger charge is 2.12. The van der Waals surface area contributed by atoms with Gasteiger partial charge in [-0.15, -0.1) is 11.3 Å². The van der Waals surface area contributed by atoms with Crippen molar-refractivity contribution in [1.82, 2.24) is 19.7 Å². The van der Waals surface area contributed by atoms with E-state index in [4.69, 9.17) is 0 Å². The van der Waals surface area contributed by atoms with Crippen molar-refractivity contribution in [1.29, 1.82) is 0 Å². The fourth-order valence-electron chi connectivity index (χ4n) is 2.37. The van der Waals surface area contributed by atoms with Crippen molar-refractivity contribution < 1.29 is 9.18 Å². The number of carbonyl (C=O) groups excluding carboxylic acids is 1. The summed E-state index contributed by atoms with van der Waals surface area (Å²) in [7, 11) is 0. The molecule has 0 aliphatic carbocycles. The van der Waals surface area contributed by atoms with Crippen LogP contribution in [0.3, 0.4) is 0 Å². The van der Waals surface area contributed by atoms with Gasteiger partial charge < -0.3 is 10.3 Å². The molecule has 0 unspecified atom stereocenters. The second kappa shape index (κ2) is 4.96. The van der Waals surface area contributed by atoms with Gasteiger partial charge in [0, 0.05) is 28.7 Å². The molecule has 1 aromatic carbocycles. The highest BCUT2D eigenvalue weighted by molar-refractivity contribution is 7.15. The molecule has 7 heteroatoms. The summed E-state index contributed by atoms with van der Waals surface area (Å²) in [5.74, 6) is -0.630.